The maximum atomic E-state index is 12.1. The summed E-state index contributed by atoms with van der Waals surface area (Å²) in [4.78, 5) is 24.6. The van der Waals surface area contributed by atoms with Gasteiger partial charge in [-0.2, -0.15) is 0 Å². The summed E-state index contributed by atoms with van der Waals surface area (Å²) in [6.45, 7) is 4.26. The first-order valence-electron chi connectivity index (χ1n) is 6.96. The summed E-state index contributed by atoms with van der Waals surface area (Å²) in [5.74, 6) is -0.259. The Kier molecular flexibility index (Phi) is 7.28. The minimum absolute atomic E-state index is 0. The molecule has 0 aromatic carbocycles. The van der Waals surface area contributed by atoms with Gasteiger partial charge in [-0.15, -0.1) is 23.7 Å². The molecule has 2 amide bonds. The van der Waals surface area contributed by atoms with E-state index in [4.69, 9.17) is 10.2 Å². The molecule has 2 heterocycles. The maximum absolute atomic E-state index is 12.1. The summed E-state index contributed by atoms with van der Waals surface area (Å²) in [6, 6.07) is 5.04. The first-order valence-corrected chi connectivity index (χ1v) is 7.78. The van der Waals surface area contributed by atoms with Crippen molar-refractivity contribution in [1.29, 1.82) is 0 Å². The van der Waals surface area contributed by atoms with Crippen molar-refractivity contribution < 1.29 is 14.0 Å². The SMILES string of the molecule is Cc1cc(NC(=O)c2ccco2)sc1C(=O)NCCC(C)N.Cl. The van der Waals surface area contributed by atoms with Crippen molar-refractivity contribution in [3.63, 3.8) is 0 Å². The number of hydrogen-bond acceptors (Lipinski definition) is 5. The van der Waals surface area contributed by atoms with Crippen LogP contribution in [0.3, 0.4) is 0 Å². The van der Waals surface area contributed by atoms with Crippen LogP contribution in [0.25, 0.3) is 0 Å². The molecule has 126 valence electrons. The van der Waals surface area contributed by atoms with Crippen molar-refractivity contribution in [3.8, 4) is 0 Å². The molecule has 2 aromatic heterocycles. The molecule has 0 aliphatic heterocycles. The molecule has 1 unspecified atom stereocenters. The summed E-state index contributed by atoms with van der Waals surface area (Å²) in [6.07, 6.45) is 2.16. The molecule has 8 heteroatoms. The number of aryl methyl sites for hydroxylation is 1. The van der Waals surface area contributed by atoms with Crippen LogP contribution in [0, 0.1) is 6.92 Å². The molecule has 0 saturated heterocycles. The number of rotatable bonds is 6. The third kappa shape index (κ3) is 5.38. The minimum Gasteiger partial charge on any atom is -0.459 e. The lowest BCUT2D eigenvalue weighted by Crippen LogP contribution is -2.28. The number of nitrogens with one attached hydrogen (secondary N) is 2. The normalized spacial score (nSPS) is 11.4. The van der Waals surface area contributed by atoms with Gasteiger partial charge >= 0.3 is 0 Å². The first-order chi connectivity index (χ1) is 10.5. The number of hydrogen-bond donors (Lipinski definition) is 3. The Morgan fingerprint density at radius 2 is 2.13 bits per heavy atom. The van der Waals surface area contributed by atoms with E-state index in [9.17, 15) is 9.59 Å². The van der Waals surface area contributed by atoms with E-state index in [0.29, 0.717) is 16.4 Å². The van der Waals surface area contributed by atoms with E-state index in [0.717, 1.165) is 12.0 Å². The van der Waals surface area contributed by atoms with Crippen LogP contribution >= 0.6 is 23.7 Å². The molecular formula is C15H20ClN3O3S. The van der Waals surface area contributed by atoms with Crippen molar-refractivity contribution in [2.75, 3.05) is 11.9 Å². The Bertz CT molecular complexity index is 653. The Hall–Kier alpha value is -1.83. The average molecular weight is 358 g/mol. The van der Waals surface area contributed by atoms with Crippen molar-refractivity contribution in [2.24, 2.45) is 5.73 Å². The molecule has 0 fully saturated rings. The van der Waals surface area contributed by atoms with Gasteiger partial charge in [-0.3, -0.25) is 9.59 Å². The highest BCUT2D eigenvalue weighted by atomic mass is 35.5. The predicted octanol–water partition coefficient (Wildman–Crippen LogP) is 2.79. The predicted molar refractivity (Wildman–Crippen MR) is 93.6 cm³/mol. The molecule has 0 aliphatic carbocycles. The van der Waals surface area contributed by atoms with Crippen LogP contribution in [-0.2, 0) is 0 Å². The Balaban J connectivity index is 0.00000264. The molecule has 0 aliphatic rings. The zero-order valence-electron chi connectivity index (χ0n) is 12.9. The molecule has 0 radical (unpaired) electrons. The van der Waals surface area contributed by atoms with Crippen LogP contribution in [0.5, 0.6) is 0 Å². The van der Waals surface area contributed by atoms with Crippen molar-refractivity contribution >= 4 is 40.6 Å². The van der Waals surface area contributed by atoms with Gasteiger partial charge in [0.15, 0.2) is 5.76 Å². The fourth-order valence-corrected chi connectivity index (χ4v) is 2.83. The number of carbonyl (C=O) groups is 2. The number of thiophene rings is 1. The number of carbonyl (C=O) groups excluding carboxylic acids is 2. The summed E-state index contributed by atoms with van der Waals surface area (Å²) in [7, 11) is 0. The lowest BCUT2D eigenvalue weighted by atomic mass is 10.2. The molecule has 1 atom stereocenters. The van der Waals surface area contributed by atoms with Gasteiger partial charge in [0.1, 0.15) is 0 Å². The van der Waals surface area contributed by atoms with E-state index in [-0.39, 0.29) is 36.0 Å². The van der Waals surface area contributed by atoms with E-state index in [1.54, 1.807) is 18.2 Å². The smallest absolute Gasteiger partial charge is 0.291 e. The number of furan rings is 1. The van der Waals surface area contributed by atoms with Crippen LogP contribution in [0.15, 0.2) is 28.9 Å². The first kappa shape index (κ1) is 19.2. The second kappa shape index (κ2) is 8.71. The van der Waals surface area contributed by atoms with Gasteiger partial charge in [-0.05, 0) is 44.0 Å². The summed E-state index contributed by atoms with van der Waals surface area (Å²) >= 11 is 1.24. The highest BCUT2D eigenvalue weighted by Crippen LogP contribution is 2.27. The fourth-order valence-electron chi connectivity index (χ4n) is 1.84. The molecule has 0 spiro atoms. The monoisotopic (exact) mass is 357 g/mol. The number of halogens is 1. The summed E-state index contributed by atoms with van der Waals surface area (Å²) < 4.78 is 5.03. The maximum Gasteiger partial charge on any atom is 0.291 e. The van der Waals surface area contributed by atoms with Gasteiger partial charge in [0.2, 0.25) is 0 Å². The standard InChI is InChI=1S/C15H19N3O3S.ClH/c1-9-8-12(18-14(19)11-4-3-7-21-11)22-13(9)15(20)17-6-5-10(2)16;/h3-4,7-8,10H,5-6,16H2,1-2H3,(H,17,20)(H,18,19);1H. The van der Waals surface area contributed by atoms with E-state index in [2.05, 4.69) is 10.6 Å². The minimum atomic E-state index is -0.338. The molecule has 23 heavy (non-hydrogen) atoms. The quantitative estimate of drug-likeness (QED) is 0.740. The molecule has 4 N–H and O–H groups in total. The van der Waals surface area contributed by atoms with Crippen LogP contribution in [-0.4, -0.2) is 24.4 Å². The second-order valence-electron chi connectivity index (χ2n) is 5.08. The van der Waals surface area contributed by atoms with E-state index < -0.39 is 0 Å². The van der Waals surface area contributed by atoms with Crippen molar-refractivity contribution in [1.82, 2.24) is 5.32 Å². The zero-order chi connectivity index (χ0) is 16.1. The van der Waals surface area contributed by atoms with Gasteiger partial charge in [0.25, 0.3) is 11.8 Å². The average Bonchev–Trinajstić information content (AvgIpc) is 3.07. The lowest BCUT2D eigenvalue weighted by Gasteiger charge is -2.06. The largest absolute Gasteiger partial charge is 0.459 e. The summed E-state index contributed by atoms with van der Waals surface area (Å²) in [5.41, 5.74) is 6.47. The van der Waals surface area contributed by atoms with Gasteiger partial charge < -0.3 is 20.8 Å². The molecule has 0 saturated carbocycles. The lowest BCUT2D eigenvalue weighted by molar-refractivity contribution is 0.0954. The van der Waals surface area contributed by atoms with Crippen LogP contribution in [0.4, 0.5) is 5.00 Å². The number of amides is 2. The van der Waals surface area contributed by atoms with Crippen LogP contribution < -0.4 is 16.4 Å². The molecule has 0 bridgehead atoms. The third-order valence-electron chi connectivity index (χ3n) is 2.99. The van der Waals surface area contributed by atoms with Gasteiger partial charge in [0, 0.05) is 12.6 Å². The Morgan fingerprint density at radius 3 is 2.74 bits per heavy atom. The Labute approximate surface area is 144 Å². The van der Waals surface area contributed by atoms with E-state index in [1.165, 1.54) is 17.6 Å². The highest BCUT2D eigenvalue weighted by molar-refractivity contribution is 7.18. The van der Waals surface area contributed by atoms with Gasteiger partial charge in [-0.25, -0.2) is 0 Å². The number of anilines is 1. The molecule has 6 nitrogen and oxygen atoms in total. The fraction of sp³-hybridized carbons (Fsp3) is 0.333. The molecule has 2 aromatic rings. The van der Waals surface area contributed by atoms with E-state index in [1.807, 2.05) is 13.8 Å². The van der Waals surface area contributed by atoms with Gasteiger partial charge in [-0.1, -0.05) is 0 Å². The third-order valence-corrected chi connectivity index (χ3v) is 4.14. The molecule has 2 rings (SSSR count). The van der Waals surface area contributed by atoms with E-state index >= 15 is 0 Å². The second-order valence-corrected chi connectivity index (χ2v) is 6.13. The van der Waals surface area contributed by atoms with Crippen molar-refractivity contribution in [3.05, 3.63) is 40.7 Å². The van der Waals surface area contributed by atoms with Crippen LogP contribution in [0.1, 0.15) is 39.1 Å². The van der Waals surface area contributed by atoms with Gasteiger partial charge in [0.05, 0.1) is 16.1 Å². The zero-order valence-corrected chi connectivity index (χ0v) is 14.6. The van der Waals surface area contributed by atoms with Crippen molar-refractivity contribution in [2.45, 2.75) is 26.3 Å². The number of nitrogens with two attached hydrogens (primary N) is 1. The summed E-state index contributed by atoms with van der Waals surface area (Å²) in [5, 5.41) is 6.15. The molecular weight excluding hydrogens is 338 g/mol. The highest BCUT2D eigenvalue weighted by Gasteiger charge is 2.16. The topological polar surface area (TPSA) is 97.4 Å². The van der Waals surface area contributed by atoms with Crippen LogP contribution in [0.2, 0.25) is 0 Å². The Morgan fingerprint density at radius 1 is 1.39 bits per heavy atom.